The first-order valence-corrected chi connectivity index (χ1v) is 9.79. The van der Waals surface area contributed by atoms with Crippen molar-refractivity contribution in [3.63, 3.8) is 0 Å². The van der Waals surface area contributed by atoms with Crippen molar-refractivity contribution < 1.29 is 8.42 Å². The van der Waals surface area contributed by atoms with E-state index in [0.717, 1.165) is 16.5 Å². The molecule has 3 rings (SSSR count). The standard InChI is InChI=1S/C21H23NO2S/c1-5-20(17-10-8-11-18(15-17)21(2,3)4)25(23,24)22-14-13-16-9-6-7-12-19(16)22/h5-15,20H,1H2,2-4H3. The van der Waals surface area contributed by atoms with E-state index in [1.807, 2.05) is 54.6 Å². The van der Waals surface area contributed by atoms with E-state index in [-0.39, 0.29) is 5.41 Å². The van der Waals surface area contributed by atoms with Crippen molar-refractivity contribution in [2.75, 3.05) is 0 Å². The summed E-state index contributed by atoms with van der Waals surface area (Å²) in [5.74, 6) is 0. The fourth-order valence-corrected chi connectivity index (χ4v) is 4.66. The maximum Gasteiger partial charge on any atom is 0.249 e. The van der Waals surface area contributed by atoms with Crippen LogP contribution in [0, 0.1) is 0 Å². The smallest absolute Gasteiger partial charge is 0.244 e. The molecule has 130 valence electrons. The van der Waals surface area contributed by atoms with Gasteiger partial charge in [0.1, 0.15) is 5.25 Å². The minimum absolute atomic E-state index is 0.0500. The molecule has 1 atom stereocenters. The normalized spacial score (nSPS) is 13.7. The molecule has 0 aliphatic rings. The summed E-state index contributed by atoms with van der Waals surface area (Å²) in [5, 5.41) is 0.0999. The summed E-state index contributed by atoms with van der Waals surface area (Å²) in [5.41, 5.74) is 2.47. The van der Waals surface area contributed by atoms with Gasteiger partial charge in [-0.3, -0.25) is 0 Å². The molecule has 2 aromatic carbocycles. The lowest BCUT2D eigenvalue weighted by Crippen LogP contribution is -2.20. The van der Waals surface area contributed by atoms with Crippen molar-refractivity contribution in [3.8, 4) is 0 Å². The molecule has 0 aliphatic carbocycles. The number of nitrogens with zero attached hydrogens (tertiary/aromatic N) is 1. The molecule has 4 heteroatoms. The van der Waals surface area contributed by atoms with Gasteiger partial charge in [-0.1, -0.05) is 69.3 Å². The minimum atomic E-state index is -3.65. The summed E-state index contributed by atoms with van der Waals surface area (Å²) in [7, 11) is -3.65. The van der Waals surface area contributed by atoms with Gasteiger partial charge in [0, 0.05) is 11.6 Å². The number of fused-ring (bicyclic) bond motifs is 1. The summed E-state index contributed by atoms with van der Waals surface area (Å²) in [4.78, 5) is 0. The second kappa shape index (κ2) is 6.19. The summed E-state index contributed by atoms with van der Waals surface area (Å²) >= 11 is 0. The third kappa shape index (κ3) is 3.14. The maximum atomic E-state index is 13.3. The van der Waals surface area contributed by atoms with Crippen LogP contribution in [0.2, 0.25) is 0 Å². The number of aromatic nitrogens is 1. The van der Waals surface area contributed by atoms with E-state index in [9.17, 15) is 8.42 Å². The first kappa shape index (κ1) is 17.5. The van der Waals surface area contributed by atoms with Crippen LogP contribution >= 0.6 is 0 Å². The monoisotopic (exact) mass is 353 g/mol. The molecular formula is C21H23NO2S. The van der Waals surface area contributed by atoms with Gasteiger partial charge in [0.2, 0.25) is 10.0 Å². The molecule has 1 unspecified atom stereocenters. The lowest BCUT2D eigenvalue weighted by atomic mass is 9.86. The van der Waals surface area contributed by atoms with Gasteiger partial charge in [-0.2, -0.15) is 0 Å². The largest absolute Gasteiger partial charge is 0.249 e. The number of rotatable bonds is 4. The van der Waals surface area contributed by atoms with Crippen molar-refractivity contribution >= 4 is 20.9 Å². The second-order valence-electron chi connectivity index (χ2n) is 7.25. The lowest BCUT2D eigenvalue weighted by Gasteiger charge is -2.22. The van der Waals surface area contributed by atoms with E-state index in [1.165, 1.54) is 10.0 Å². The summed E-state index contributed by atoms with van der Waals surface area (Å²) in [6, 6.07) is 17.0. The van der Waals surface area contributed by atoms with Crippen LogP contribution in [0.15, 0.2) is 73.4 Å². The van der Waals surface area contributed by atoms with E-state index < -0.39 is 15.3 Å². The minimum Gasteiger partial charge on any atom is -0.244 e. The van der Waals surface area contributed by atoms with E-state index in [2.05, 4.69) is 27.4 Å². The molecule has 1 heterocycles. The Balaban J connectivity index is 2.13. The Bertz CT molecular complexity index is 1020. The molecule has 3 nitrogen and oxygen atoms in total. The van der Waals surface area contributed by atoms with Crippen LogP contribution in [0.1, 0.15) is 37.1 Å². The molecule has 0 saturated heterocycles. The maximum absolute atomic E-state index is 13.3. The highest BCUT2D eigenvalue weighted by atomic mass is 32.2. The van der Waals surface area contributed by atoms with E-state index in [0.29, 0.717) is 5.52 Å². The van der Waals surface area contributed by atoms with Crippen LogP contribution in [0.3, 0.4) is 0 Å². The Morgan fingerprint density at radius 1 is 1.04 bits per heavy atom. The summed E-state index contributed by atoms with van der Waals surface area (Å²) < 4.78 is 27.9. The molecule has 0 amide bonds. The molecule has 25 heavy (non-hydrogen) atoms. The van der Waals surface area contributed by atoms with Crippen molar-refractivity contribution in [3.05, 3.63) is 84.6 Å². The average molecular weight is 353 g/mol. The summed E-state index contributed by atoms with van der Waals surface area (Å²) in [6.45, 7) is 10.1. The number of hydrogen-bond donors (Lipinski definition) is 0. The van der Waals surface area contributed by atoms with Crippen molar-refractivity contribution in [2.45, 2.75) is 31.4 Å². The van der Waals surface area contributed by atoms with Crippen LogP contribution in [0.4, 0.5) is 0 Å². The van der Waals surface area contributed by atoms with E-state index in [4.69, 9.17) is 0 Å². The fraction of sp³-hybridized carbons (Fsp3) is 0.238. The molecule has 0 N–H and O–H groups in total. The predicted octanol–water partition coefficient (Wildman–Crippen LogP) is 5.04. The van der Waals surface area contributed by atoms with E-state index >= 15 is 0 Å². The Morgan fingerprint density at radius 2 is 1.76 bits per heavy atom. The van der Waals surface area contributed by atoms with Gasteiger partial charge in [0.15, 0.2) is 0 Å². The van der Waals surface area contributed by atoms with Crippen molar-refractivity contribution in [2.24, 2.45) is 0 Å². The fourth-order valence-electron chi connectivity index (χ4n) is 3.01. The van der Waals surface area contributed by atoms with Gasteiger partial charge in [-0.25, -0.2) is 12.4 Å². The molecule has 0 fully saturated rings. The third-order valence-electron chi connectivity index (χ3n) is 4.45. The molecule has 0 saturated carbocycles. The van der Waals surface area contributed by atoms with Gasteiger partial charge >= 0.3 is 0 Å². The number of para-hydroxylation sites is 1. The van der Waals surface area contributed by atoms with Crippen molar-refractivity contribution in [1.29, 1.82) is 0 Å². The Kier molecular flexibility index (Phi) is 4.33. The summed E-state index contributed by atoms with van der Waals surface area (Å²) in [6.07, 6.45) is 3.12. The van der Waals surface area contributed by atoms with Gasteiger partial charge in [-0.05, 0) is 28.7 Å². The lowest BCUT2D eigenvalue weighted by molar-refractivity contribution is 0.580. The quantitative estimate of drug-likeness (QED) is 0.616. The van der Waals surface area contributed by atoms with Gasteiger partial charge in [0.05, 0.1) is 5.52 Å². The zero-order valence-corrected chi connectivity index (χ0v) is 15.6. The van der Waals surface area contributed by atoms with Gasteiger partial charge in [0.25, 0.3) is 0 Å². The Labute approximate surface area is 149 Å². The van der Waals surface area contributed by atoms with Crippen LogP contribution in [0.5, 0.6) is 0 Å². The molecule has 1 aromatic heterocycles. The third-order valence-corrected chi connectivity index (χ3v) is 6.43. The SMILES string of the molecule is C=CC(c1cccc(C(C)(C)C)c1)S(=O)(=O)n1ccc2ccccc21. The molecule has 0 radical (unpaired) electrons. The zero-order chi connectivity index (χ0) is 18.2. The highest BCUT2D eigenvalue weighted by molar-refractivity contribution is 7.90. The zero-order valence-electron chi connectivity index (χ0n) is 14.8. The van der Waals surface area contributed by atoms with Crippen LogP contribution in [-0.4, -0.2) is 12.4 Å². The van der Waals surface area contributed by atoms with Crippen molar-refractivity contribution in [1.82, 2.24) is 3.97 Å². The van der Waals surface area contributed by atoms with E-state index in [1.54, 1.807) is 6.20 Å². The first-order chi connectivity index (χ1) is 11.7. The van der Waals surface area contributed by atoms with Gasteiger partial charge < -0.3 is 0 Å². The molecule has 3 aromatic rings. The van der Waals surface area contributed by atoms with Crippen LogP contribution < -0.4 is 0 Å². The van der Waals surface area contributed by atoms with Crippen LogP contribution in [-0.2, 0) is 15.4 Å². The molecular weight excluding hydrogens is 330 g/mol. The molecule has 0 bridgehead atoms. The number of hydrogen-bond acceptors (Lipinski definition) is 2. The topological polar surface area (TPSA) is 39.1 Å². The predicted molar refractivity (Wildman–Crippen MR) is 104 cm³/mol. The highest BCUT2D eigenvalue weighted by Gasteiger charge is 2.28. The first-order valence-electron chi connectivity index (χ1n) is 8.28. The highest BCUT2D eigenvalue weighted by Crippen LogP contribution is 2.31. The number of benzene rings is 2. The second-order valence-corrected chi connectivity index (χ2v) is 9.18. The van der Waals surface area contributed by atoms with Gasteiger partial charge in [-0.15, -0.1) is 6.58 Å². The molecule has 0 spiro atoms. The Morgan fingerprint density at radius 3 is 2.44 bits per heavy atom. The molecule has 0 aliphatic heterocycles. The Hall–Kier alpha value is -2.33. The van der Waals surface area contributed by atoms with Crippen LogP contribution in [0.25, 0.3) is 10.9 Å². The average Bonchev–Trinajstić information content (AvgIpc) is 2.99.